The molecule has 0 spiro atoms. The number of carbonyl (C=O) groups is 1. The van der Waals surface area contributed by atoms with Gasteiger partial charge in [0.25, 0.3) is 0 Å². The van der Waals surface area contributed by atoms with E-state index in [1.807, 2.05) is 24.3 Å². The van der Waals surface area contributed by atoms with Crippen LogP contribution in [0.25, 0.3) is 0 Å². The van der Waals surface area contributed by atoms with E-state index in [1.165, 1.54) is 7.11 Å². The topological polar surface area (TPSA) is 29.5 Å². The summed E-state index contributed by atoms with van der Waals surface area (Å²) in [5, 5.41) is 0. The number of esters is 1. The Hall–Kier alpha value is -0.580. The lowest BCUT2D eigenvalue weighted by Crippen LogP contribution is -2.49. The molecular formula is C16H21BrClNO2. The highest BCUT2D eigenvalue weighted by atomic mass is 79.9. The molecule has 4 atom stereocenters. The SMILES string of the molecule is Cl.[2H]C([2H])([2H])N1[C@H]2CC[C@@H]1[C@@H](C(=O)OC)[C@@H](c1ccc(Br)cc1)C2. The molecular weight excluding hydrogens is 354 g/mol. The number of carbonyl (C=O) groups excluding carboxylic acids is 1. The number of piperidine rings is 1. The molecule has 1 aromatic carbocycles. The number of rotatable bonds is 2. The number of hydrogen-bond acceptors (Lipinski definition) is 3. The summed E-state index contributed by atoms with van der Waals surface area (Å²) in [6.45, 7) is -2.16. The number of fused-ring (bicyclic) bond motifs is 2. The van der Waals surface area contributed by atoms with E-state index in [0.29, 0.717) is 6.42 Å². The van der Waals surface area contributed by atoms with Crippen molar-refractivity contribution in [1.29, 1.82) is 0 Å². The molecule has 116 valence electrons. The lowest BCUT2D eigenvalue weighted by Gasteiger charge is -2.41. The maximum absolute atomic E-state index is 12.4. The van der Waals surface area contributed by atoms with Crippen LogP contribution in [0.4, 0.5) is 0 Å². The van der Waals surface area contributed by atoms with E-state index in [0.717, 1.165) is 22.9 Å². The van der Waals surface area contributed by atoms with Crippen LogP contribution in [-0.2, 0) is 9.53 Å². The van der Waals surface area contributed by atoms with E-state index in [4.69, 9.17) is 8.85 Å². The van der Waals surface area contributed by atoms with E-state index in [2.05, 4.69) is 15.9 Å². The summed E-state index contributed by atoms with van der Waals surface area (Å²) in [6.07, 6.45) is 2.23. The average molecular weight is 378 g/mol. The Morgan fingerprint density at radius 1 is 1.38 bits per heavy atom. The molecule has 2 fully saturated rings. The smallest absolute Gasteiger partial charge is 0.310 e. The third-order valence-corrected chi connectivity index (χ3v) is 5.22. The molecule has 0 amide bonds. The van der Waals surface area contributed by atoms with Crippen LogP contribution in [0.5, 0.6) is 0 Å². The lowest BCUT2D eigenvalue weighted by molar-refractivity contribution is -0.150. The molecule has 0 saturated carbocycles. The summed E-state index contributed by atoms with van der Waals surface area (Å²) in [4.78, 5) is 14.0. The number of hydrogen-bond donors (Lipinski definition) is 0. The molecule has 0 radical (unpaired) electrons. The molecule has 0 unspecified atom stereocenters. The Labute approximate surface area is 144 Å². The van der Waals surface area contributed by atoms with Crippen LogP contribution in [-0.4, -0.2) is 37.0 Å². The normalized spacial score (nSPS) is 34.3. The molecule has 2 heterocycles. The zero-order valence-corrected chi connectivity index (χ0v) is 14.2. The summed E-state index contributed by atoms with van der Waals surface area (Å²) >= 11 is 3.42. The van der Waals surface area contributed by atoms with E-state index in [1.54, 1.807) is 4.90 Å². The predicted molar refractivity (Wildman–Crippen MR) is 88.8 cm³/mol. The predicted octanol–water partition coefficient (Wildman–Crippen LogP) is 3.61. The van der Waals surface area contributed by atoms with E-state index in [9.17, 15) is 4.79 Å². The van der Waals surface area contributed by atoms with Crippen molar-refractivity contribution < 1.29 is 13.6 Å². The zero-order chi connectivity index (χ0) is 16.8. The van der Waals surface area contributed by atoms with Crippen LogP contribution in [0, 0.1) is 5.92 Å². The molecule has 3 nitrogen and oxygen atoms in total. The van der Waals surface area contributed by atoms with Gasteiger partial charge in [-0.15, -0.1) is 12.4 Å². The van der Waals surface area contributed by atoms with Crippen molar-refractivity contribution in [3.8, 4) is 0 Å². The number of methoxy groups -OCH3 is 1. The van der Waals surface area contributed by atoms with Crippen LogP contribution in [0.1, 0.15) is 34.9 Å². The minimum atomic E-state index is -2.16. The first-order valence-electron chi connectivity index (χ1n) is 8.44. The van der Waals surface area contributed by atoms with Gasteiger partial charge in [0.15, 0.2) is 0 Å². The molecule has 2 aliphatic heterocycles. The van der Waals surface area contributed by atoms with Gasteiger partial charge < -0.3 is 4.74 Å². The van der Waals surface area contributed by atoms with Crippen molar-refractivity contribution >= 4 is 34.3 Å². The highest BCUT2D eigenvalue weighted by Gasteiger charge is 2.49. The highest BCUT2D eigenvalue weighted by Crippen LogP contribution is 2.46. The Kier molecular flexibility index (Phi) is 4.10. The van der Waals surface area contributed by atoms with Gasteiger partial charge in [0.05, 0.1) is 13.0 Å². The molecule has 5 heteroatoms. The molecule has 2 bridgehead atoms. The maximum Gasteiger partial charge on any atom is 0.310 e. The van der Waals surface area contributed by atoms with E-state index in [-0.39, 0.29) is 36.4 Å². The largest absolute Gasteiger partial charge is 0.469 e. The monoisotopic (exact) mass is 376 g/mol. The summed E-state index contributed by atoms with van der Waals surface area (Å²) in [5.74, 6) is -0.732. The Morgan fingerprint density at radius 3 is 2.71 bits per heavy atom. The van der Waals surface area contributed by atoms with Crippen molar-refractivity contribution in [3.05, 3.63) is 34.3 Å². The van der Waals surface area contributed by atoms with E-state index >= 15 is 0 Å². The molecule has 3 rings (SSSR count). The zero-order valence-electron chi connectivity index (χ0n) is 14.8. The van der Waals surface area contributed by atoms with Gasteiger partial charge >= 0.3 is 5.97 Å². The minimum absolute atomic E-state index is 0. The second kappa shape index (κ2) is 6.67. The van der Waals surface area contributed by atoms with Crippen LogP contribution in [0.15, 0.2) is 28.7 Å². The first-order valence-corrected chi connectivity index (χ1v) is 7.74. The van der Waals surface area contributed by atoms with Gasteiger partial charge in [0, 0.05) is 26.6 Å². The summed E-state index contributed by atoms with van der Waals surface area (Å²) in [7, 11) is 1.38. The Bertz CT molecular complexity index is 596. The fourth-order valence-electron chi connectivity index (χ4n) is 3.71. The average Bonchev–Trinajstić information content (AvgIpc) is 2.82. The Morgan fingerprint density at radius 2 is 2.10 bits per heavy atom. The van der Waals surface area contributed by atoms with Gasteiger partial charge in [-0.05, 0) is 43.9 Å². The second-order valence-electron chi connectivity index (χ2n) is 5.65. The first kappa shape index (κ1) is 12.9. The van der Waals surface area contributed by atoms with Crippen molar-refractivity contribution in [3.63, 3.8) is 0 Å². The minimum Gasteiger partial charge on any atom is -0.469 e. The van der Waals surface area contributed by atoms with Crippen molar-refractivity contribution in [1.82, 2.24) is 4.90 Å². The number of nitrogens with zero attached hydrogens (tertiary/aromatic N) is 1. The first-order chi connectivity index (χ1) is 10.8. The summed E-state index contributed by atoms with van der Waals surface area (Å²) in [5.41, 5.74) is 1.07. The molecule has 0 aliphatic carbocycles. The summed E-state index contributed by atoms with van der Waals surface area (Å²) < 4.78 is 29.4. The molecule has 2 aliphatic rings. The molecule has 21 heavy (non-hydrogen) atoms. The van der Waals surface area contributed by atoms with Crippen LogP contribution in [0.3, 0.4) is 0 Å². The van der Waals surface area contributed by atoms with Gasteiger partial charge in [-0.3, -0.25) is 9.69 Å². The molecule has 0 aromatic heterocycles. The maximum atomic E-state index is 12.4. The van der Waals surface area contributed by atoms with Gasteiger partial charge in [-0.1, -0.05) is 28.1 Å². The number of ether oxygens (including phenoxy) is 1. The number of halogens is 2. The fourth-order valence-corrected chi connectivity index (χ4v) is 3.98. The molecule has 2 saturated heterocycles. The van der Waals surface area contributed by atoms with Crippen LogP contribution < -0.4 is 0 Å². The van der Waals surface area contributed by atoms with Crippen molar-refractivity contribution in [2.45, 2.75) is 37.3 Å². The lowest BCUT2D eigenvalue weighted by atomic mass is 9.76. The van der Waals surface area contributed by atoms with Crippen LogP contribution in [0.2, 0.25) is 0 Å². The van der Waals surface area contributed by atoms with Crippen molar-refractivity contribution in [2.24, 2.45) is 5.92 Å². The van der Waals surface area contributed by atoms with E-state index < -0.39 is 12.9 Å². The van der Waals surface area contributed by atoms with Gasteiger partial charge in [0.1, 0.15) is 0 Å². The standard InChI is InChI=1S/C16H20BrNO2.ClH/c1-18-12-7-8-14(18)15(16(19)20-2)13(9-12)10-3-5-11(17)6-4-10;/h3-6,12-15H,7-9H2,1-2H3;1H/t12-,13+,14+,15-;/m0./s1/i1D3;. The highest BCUT2D eigenvalue weighted by molar-refractivity contribution is 9.10. The molecule has 1 aromatic rings. The molecule has 0 N–H and O–H groups in total. The quantitative estimate of drug-likeness (QED) is 0.737. The third kappa shape index (κ3) is 2.99. The second-order valence-corrected chi connectivity index (χ2v) is 6.56. The van der Waals surface area contributed by atoms with Crippen molar-refractivity contribution in [2.75, 3.05) is 14.1 Å². The fraction of sp³-hybridized carbons (Fsp3) is 0.562. The Balaban J connectivity index is 0.00000208. The van der Waals surface area contributed by atoms with Crippen LogP contribution >= 0.6 is 28.3 Å². The van der Waals surface area contributed by atoms with Gasteiger partial charge in [0.2, 0.25) is 0 Å². The van der Waals surface area contributed by atoms with Gasteiger partial charge in [-0.2, -0.15) is 0 Å². The number of benzene rings is 1. The van der Waals surface area contributed by atoms with Gasteiger partial charge in [-0.25, -0.2) is 0 Å². The third-order valence-electron chi connectivity index (χ3n) is 4.69. The summed E-state index contributed by atoms with van der Waals surface area (Å²) in [6, 6.07) is 7.66.